The molecule has 3 aromatic carbocycles. The number of anilines is 1. The molecule has 0 aliphatic carbocycles. The largest absolute Gasteiger partial charge is 0.505 e. The lowest BCUT2D eigenvalue weighted by Crippen LogP contribution is -2.56. The first-order valence-corrected chi connectivity index (χ1v) is 21.6. The summed E-state index contributed by atoms with van der Waals surface area (Å²) in [4.78, 5) is 93.2. The van der Waals surface area contributed by atoms with Gasteiger partial charge in [0.05, 0.1) is 28.7 Å². The molecule has 4 aromatic rings. The third kappa shape index (κ3) is 12.0. The number of carbonyl (C=O) groups is 6. The number of amides is 7. The Balaban J connectivity index is 1.61. The summed E-state index contributed by atoms with van der Waals surface area (Å²) in [6.45, 7) is 10.7. The number of benzene rings is 3. The van der Waals surface area contributed by atoms with Crippen molar-refractivity contribution in [1.29, 1.82) is 5.26 Å². The molecule has 4 bridgehead atoms. The number of aromatic hydroxyl groups is 1. The number of urea groups is 1. The smallest absolute Gasteiger partial charge is 0.316 e. The molecule has 7 amide bonds. The van der Waals surface area contributed by atoms with Gasteiger partial charge >= 0.3 is 6.03 Å². The highest BCUT2D eigenvalue weighted by atomic mass is 16.5. The minimum atomic E-state index is -1.64. The molecule has 67 heavy (non-hydrogen) atoms. The number of nitrogens with one attached hydrogen (secondary N) is 5. The predicted octanol–water partition coefficient (Wildman–Crippen LogP) is 2.09. The van der Waals surface area contributed by atoms with Crippen LogP contribution in [0.4, 0.5) is 10.5 Å². The molecule has 0 spiro atoms. The molecule has 1 aliphatic heterocycles. The average Bonchev–Trinajstić information content (AvgIpc) is 3.27. The highest BCUT2D eigenvalue weighted by Gasteiger charge is 2.37. The highest BCUT2D eigenvalue weighted by Crippen LogP contribution is 2.43. The van der Waals surface area contributed by atoms with Crippen LogP contribution in [-0.2, 0) is 31.0 Å². The summed E-state index contributed by atoms with van der Waals surface area (Å²) in [5.41, 5.74) is 20.4. The fourth-order valence-electron chi connectivity index (χ4n) is 7.68. The van der Waals surface area contributed by atoms with Crippen molar-refractivity contribution in [3.63, 3.8) is 0 Å². The minimum Gasteiger partial charge on any atom is -0.505 e. The second-order valence-corrected chi connectivity index (χ2v) is 17.2. The van der Waals surface area contributed by atoms with Crippen LogP contribution in [0.25, 0.3) is 22.5 Å². The SMILES string of the molecule is Cc1nc(-c2ccc(C(C)(C)C)cc2)nc(C)c1C(=O)N[C@@H](CCN)C(=O)N(C)[C@@H]1C(=O)N[C@@H](C)C(=O)N[C@H](C(=O)NCC#N)Cc2ccc(OCCN)c(c2)-c2cc1cc(NC(N)=O)c2O. The molecule has 354 valence electrons. The summed E-state index contributed by atoms with van der Waals surface area (Å²) < 4.78 is 5.96. The van der Waals surface area contributed by atoms with Gasteiger partial charge in [0.25, 0.3) is 5.91 Å². The van der Waals surface area contributed by atoms with Crippen LogP contribution in [0.1, 0.15) is 78.6 Å². The Kier molecular flexibility index (Phi) is 16.2. The van der Waals surface area contributed by atoms with Crippen molar-refractivity contribution in [3.8, 4) is 40.1 Å². The van der Waals surface area contributed by atoms with E-state index in [-0.39, 0.29) is 78.2 Å². The highest BCUT2D eigenvalue weighted by molar-refractivity contribution is 6.01. The van der Waals surface area contributed by atoms with E-state index in [0.29, 0.717) is 22.8 Å². The van der Waals surface area contributed by atoms with Crippen LogP contribution in [0.15, 0.2) is 54.6 Å². The number of fused-ring (bicyclic) bond motifs is 5. The van der Waals surface area contributed by atoms with E-state index in [1.807, 2.05) is 30.3 Å². The maximum Gasteiger partial charge on any atom is 0.316 e. The zero-order valence-electron chi connectivity index (χ0n) is 38.6. The van der Waals surface area contributed by atoms with Crippen LogP contribution in [-0.4, -0.2) is 107 Å². The van der Waals surface area contributed by atoms with Crippen molar-refractivity contribution in [2.45, 2.75) is 84.0 Å². The van der Waals surface area contributed by atoms with Gasteiger partial charge in [0.15, 0.2) is 5.82 Å². The van der Waals surface area contributed by atoms with Crippen LogP contribution in [0.5, 0.6) is 11.5 Å². The van der Waals surface area contributed by atoms with Gasteiger partial charge in [-0.2, -0.15) is 5.26 Å². The summed E-state index contributed by atoms with van der Waals surface area (Å²) >= 11 is 0. The maximum absolute atomic E-state index is 14.7. The topological polar surface area (TPSA) is 323 Å². The van der Waals surface area contributed by atoms with E-state index in [0.717, 1.165) is 16.0 Å². The Bertz CT molecular complexity index is 2570. The third-order valence-electron chi connectivity index (χ3n) is 11.1. The van der Waals surface area contributed by atoms with Crippen molar-refractivity contribution >= 4 is 41.3 Å². The van der Waals surface area contributed by atoms with E-state index in [1.54, 1.807) is 32.0 Å². The normalized spacial score (nSPS) is 16.5. The fourth-order valence-corrected chi connectivity index (χ4v) is 7.68. The van der Waals surface area contributed by atoms with Gasteiger partial charge in [0, 0.05) is 36.7 Å². The molecule has 0 unspecified atom stereocenters. The number of phenols is 1. The second-order valence-electron chi connectivity index (χ2n) is 17.2. The number of aromatic nitrogens is 2. The number of aryl methyl sites for hydroxylation is 2. The quantitative estimate of drug-likeness (QED) is 0.0686. The van der Waals surface area contributed by atoms with Crippen LogP contribution in [0.2, 0.25) is 0 Å². The molecule has 0 radical (unpaired) electrons. The number of rotatable bonds is 13. The second kappa shape index (κ2) is 21.6. The summed E-state index contributed by atoms with van der Waals surface area (Å²) in [7, 11) is 1.30. The first kappa shape index (κ1) is 50.4. The number of nitriles is 1. The number of primary amides is 1. The van der Waals surface area contributed by atoms with E-state index in [1.165, 1.54) is 26.1 Å². The Morgan fingerprint density at radius 3 is 2.24 bits per heavy atom. The zero-order valence-corrected chi connectivity index (χ0v) is 38.6. The number of nitrogens with two attached hydrogens (primary N) is 3. The average molecular weight is 919 g/mol. The van der Waals surface area contributed by atoms with Crippen LogP contribution >= 0.6 is 0 Å². The van der Waals surface area contributed by atoms with Gasteiger partial charge in [0.1, 0.15) is 48.8 Å². The van der Waals surface area contributed by atoms with E-state index < -0.39 is 65.5 Å². The maximum atomic E-state index is 14.7. The molecule has 20 nitrogen and oxygen atoms in total. The molecule has 0 saturated heterocycles. The number of nitrogens with zero attached hydrogens (tertiary/aromatic N) is 4. The van der Waals surface area contributed by atoms with Gasteiger partial charge in [-0.05, 0) is 80.1 Å². The molecule has 0 fully saturated rings. The molecular formula is C47H58N12O8. The van der Waals surface area contributed by atoms with Gasteiger partial charge in [-0.3, -0.25) is 24.0 Å². The van der Waals surface area contributed by atoms with E-state index in [2.05, 4.69) is 57.3 Å². The summed E-state index contributed by atoms with van der Waals surface area (Å²) in [5, 5.41) is 33.7. The van der Waals surface area contributed by atoms with Crippen molar-refractivity contribution < 1.29 is 38.6 Å². The molecule has 20 heteroatoms. The summed E-state index contributed by atoms with van der Waals surface area (Å²) in [6.07, 6.45) is -0.200. The number of likely N-dealkylation sites (N-methyl/N-ethyl adjacent to an activating group) is 1. The Hall–Kier alpha value is -7.63. The van der Waals surface area contributed by atoms with Gasteiger partial charge in [0.2, 0.25) is 23.6 Å². The van der Waals surface area contributed by atoms with Gasteiger partial charge < -0.3 is 58.5 Å². The molecule has 12 N–H and O–H groups in total. The molecule has 4 atom stereocenters. The number of ether oxygens (including phenoxy) is 1. The summed E-state index contributed by atoms with van der Waals surface area (Å²) in [5.74, 6) is -3.76. The predicted molar refractivity (Wildman–Crippen MR) is 249 cm³/mol. The van der Waals surface area contributed by atoms with Crippen molar-refractivity contribution in [1.82, 2.24) is 36.1 Å². The third-order valence-corrected chi connectivity index (χ3v) is 11.1. The van der Waals surface area contributed by atoms with E-state index >= 15 is 0 Å². The molecule has 2 heterocycles. The van der Waals surface area contributed by atoms with Crippen molar-refractivity contribution in [2.75, 3.05) is 38.6 Å². The van der Waals surface area contributed by atoms with Crippen molar-refractivity contribution in [3.05, 3.63) is 88.2 Å². The Morgan fingerprint density at radius 1 is 0.970 bits per heavy atom. The number of phenolic OH excluding ortho intramolecular Hbond substituents is 1. The van der Waals surface area contributed by atoms with Gasteiger partial charge in [-0.1, -0.05) is 51.1 Å². The Morgan fingerprint density at radius 2 is 1.64 bits per heavy atom. The molecule has 1 aliphatic rings. The molecule has 5 rings (SSSR count). The lowest BCUT2D eigenvalue weighted by molar-refractivity contribution is -0.141. The van der Waals surface area contributed by atoms with Crippen LogP contribution < -0.4 is 48.5 Å². The lowest BCUT2D eigenvalue weighted by atomic mass is 9.86. The van der Waals surface area contributed by atoms with Crippen LogP contribution in [0.3, 0.4) is 0 Å². The van der Waals surface area contributed by atoms with E-state index in [4.69, 9.17) is 27.2 Å². The Labute approximate surface area is 388 Å². The standard InChI is InChI=1S/C47H58N12O8/c1-24-37(25(2)54-40(53-24)28-9-11-30(12-10-28)47(4,5)6)43(63)56-33(14-15-48)45(65)59(7)38-29-22-32(39(60)34(23-29)58-46(51)66)31-20-27(8-13-36(31)67-19-17-50)21-35(42(62)52-18-16-49)57-41(61)26(3)55-44(38)64/h8-13,20,22-23,26,33,35,38,60H,14-15,17-19,21,48,50H2,1-7H3,(H,52,62)(H,55,64)(H,56,63)(H,57,61)(H3,51,58,66)/t26-,33-,35-,38-/m0/s1. The number of hydrogen-bond acceptors (Lipinski definition) is 13. The minimum absolute atomic E-state index is 0.000232. The lowest BCUT2D eigenvalue weighted by Gasteiger charge is -2.33. The molecule has 0 saturated carbocycles. The van der Waals surface area contributed by atoms with Crippen molar-refractivity contribution in [2.24, 2.45) is 17.2 Å². The van der Waals surface area contributed by atoms with E-state index in [9.17, 15) is 33.9 Å². The molecule has 1 aromatic heterocycles. The number of hydrogen-bond donors (Lipinski definition) is 9. The monoisotopic (exact) mass is 918 g/mol. The first-order valence-electron chi connectivity index (χ1n) is 21.6. The fraction of sp³-hybridized carbons (Fsp3) is 0.383. The van der Waals surface area contributed by atoms with Crippen LogP contribution in [0, 0.1) is 25.2 Å². The summed E-state index contributed by atoms with van der Waals surface area (Å²) in [6, 6.07) is 10.4. The molecular weight excluding hydrogens is 861 g/mol. The zero-order chi connectivity index (χ0) is 49.3. The first-order chi connectivity index (χ1) is 31.7. The number of carbonyl (C=O) groups excluding carboxylic acids is 6. The van der Waals surface area contributed by atoms with Gasteiger partial charge in [-0.15, -0.1) is 0 Å². The van der Waals surface area contributed by atoms with Gasteiger partial charge in [-0.25, -0.2) is 14.8 Å².